The molecule has 1 N–H and O–H groups in total. The fraction of sp³-hybridized carbons (Fsp3) is 0.500. The Morgan fingerprint density at radius 1 is 1.30 bits per heavy atom. The number of aliphatic hydroxyl groups excluding tert-OH is 1. The van der Waals surface area contributed by atoms with E-state index in [2.05, 4.69) is 0 Å². The minimum absolute atomic E-state index is 0.0829. The van der Waals surface area contributed by atoms with Crippen molar-refractivity contribution in [1.29, 1.82) is 0 Å². The number of aliphatic hydroxyl groups is 1. The fourth-order valence-electron chi connectivity index (χ4n) is 2.21. The molecular weight excluding hydrogens is 271 g/mol. The summed E-state index contributed by atoms with van der Waals surface area (Å²) in [6, 6.07) is 6.18. The summed E-state index contributed by atoms with van der Waals surface area (Å²) < 4.78 is 36.3. The van der Waals surface area contributed by atoms with E-state index in [-0.39, 0.29) is 12.3 Å². The zero-order chi connectivity index (χ0) is 14.8. The Bertz CT molecular complexity index is 470. The lowest BCUT2D eigenvalue weighted by molar-refractivity contribution is -0.134. The maximum Gasteiger partial charge on any atom is 0.389 e. The highest BCUT2D eigenvalue weighted by atomic mass is 19.4. The predicted molar refractivity (Wildman–Crippen MR) is 67.3 cm³/mol. The van der Waals surface area contributed by atoms with Crippen LogP contribution in [-0.2, 0) is 6.42 Å². The number of carbonyl (C=O) groups is 1. The summed E-state index contributed by atoms with van der Waals surface area (Å²) >= 11 is 0. The van der Waals surface area contributed by atoms with Gasteiger partial charge in [0.15, 0.2) is 0 Å². The Morgan fingerprint density at radius 3 is 2.45 bits per heavy atom. The van der Waals surface area contributed by atoms with Gasteiger partial charge < -0.3 is 10.0 Å². The van der Waals surface area contributed by atoms with Crippen LogP contribution in [0, 0.1) is 0 Å². The highest BCUT2D eigenvalue weighted by molar-refractivity contribution is 5.94. The topological polar surface area (TPSA) is 40.5 Å². The van der Waals surface area contributed by atoms with Gasteiger partial charge >= 0.3 is 6.18 Å². The van der Waals surface area contributed by atoms with Crippen molar-refractivity contribution < 1.29 is 23.1 Å². The lowest BCUT2D eigenvalue weighted by Gasteiger charge is -2.15. The number of alkyl halides is 3. The Labute approximate surface area is 115 Å². The molecule has 110 valence electrons. The van der Waals surface area contributed by atoms with Gasteiger partial charge in [-0.15, -0.1) is 0 Å². The van der Waals surface area contributed by atoms with Gasteiger partial charge in [-0.3, -0.25) is 4.79 Å². The highest BCUT2D eigenvalue weighted by Gasteiger charge is 2.27. The Kier molecular flexibility index (Phi) is 4.32. The van der Waals surface area contributed by atoms with Gasteiger partial charge in [0.25, 0.3) is 5.91 Å². The number of benzene rings is 1. The van der Waals surface area contributed by atoms with Gasteiger partial charge in [0, 0.05) is 25.1 Å². The average Bonchev–Trinajstić information content (AvgIpc) is 2.82. The van der Waals surface area contributed by atoms with Gasteiger partial charge in [0.05, 0.1) is 6.10 Å². The van der Waals surface area contributed by atoms with Crippen LogP contribution < -0.4 is 0 Å². The molecule has 6 heteroatoms. The first-order valence-corrected chi connectivity index (χ1v) is 6.48. The lowest BCUT2D eigenvalue weighted by Crippen LogP contribution is -2.29. The standard InChI is InChI=1S/C14H16F3NO2/c15-14(16,17)7-5-10-1-3-11(4-2-10)13(20)18-8-6-12(19)9-18/h1-4,12,19H,5-9H2/t12-/m1/s1. The second-order valence-electron chi connectivity index (χ2n) is 5.01. The third-order valence-electron chi connectivity index (χ3n) is 3.35. The Balaban J connectivity index is 1.96. The number of aryl methyl sites for hydroxylation is 1. The van der Waals surface area contributed by atoms with Crippen LogP contribution in [-0.4, -0.2) is 41.3 Å². The third kappa shape index (κ3) is 3.96. The Hall–Kier alpha value is -1.56. The SMILES string of the molecule is O=C(c1ccc(CCC(F)(F)F)cc1)N1CC[C@@H](O)C1. The summed E-state index contributed by atoms with van der Waals surface area (Å²) in [6.07, 6.45) is -5.03. The molecule has 0 unspecified atom stereocenters. The van der Waals surface area contributed by atoms with E-state index < -0.39 is 18.7 Å². The molecule has 1 saturated heterocycles. The molecule has 1 fully saturated rings. The van der Waals surface area contributed by atoms with Crippen molar-refractivity contribution in [3.8, 4) is 0 Å². The summed E-state index contributed by atoms with van der Waals surface area (Å²) in [5, 5.41) is 9.39. The van der Waals surface area contributed by atoms with E-state index in [0.717, 1.165) is 0 Å². The number of β-amino-alcohol motifs (C(OH)–C–C–N with tert-alkyl or cyclic N) is 1. The van der Waals surface area contributed by atoms with Gasteiger partial charge in [-0.2, -0.15) is 13.2 Å². The van der Waals surface area contributed by atoms with Crippen LogP contribution in [0.1, 0.15) is 28.8 Å². The molecule has 0 aliphatic carbocycles. The van der Waals surface area contributed by atoms with Crippen molar-refractivity contribution in [3.63, 3.8) is 0 Å². The van der Waals surface area contributed by atoms with Crippen molar-refractivity contribution in [2.45, 2.75) is 31.5 Å². The first-order chi connectivity index (χ1) is 9.35. The number of likely N-dealkylation sites (tertiary alicyclic amines) is 1. The van der Waals surface area contributed by atoms with Crippen molar-refractivity contribution in [3.05, 3.63) is 35.4 Å². The largest absolute Gasteiger partial charge is 0.391 e. The molecule has 3 nitrogen and oxygen atoms in total. The normalized spacial score (nSPS) is 19.4. The molecule has 0 radical (unpaired) electrons. The molecular formula is C14H16F3NO2. The van der Waals surface area contributed by atoms with Crippen LogP contribution >= 0.6 is 0 Å². The zero-order valence-corrected chi connectivity index (χ0v) is 10.9. The summed E-state index contributed by atoms with van der Waals surface area (Å²) in [6.45, 7) is 0.824. The van der Waals surface area contributed by atoms with Crippen LogP contribution in [0.25, 0.3) is 0 Å². The van der Waals surface area contributed by atoms with Crippen LogP contribution in [0.3, 0.4) is 0 Å². The fourth-order valence-corrected chi connectivity index (χ4v) is 2.21. The minimum Gasteiger partial charge on any atom is -0.391 e. The molecule has 20 heavy (non-hydrogen) atoms. The van der Waals surface area contributed by atoms with Crippen molar-refractivity contribution in [2.75, 3.05) is 13.1 Å². The van der Waals surface area contributed by atoms with E-state index in [1.807, 2.05) is 0 Å². The van der Waals surface area contributed by atoms with Crippen molar-refractivity contribution in [1.82, 2.24) is 4.90 Å². The minimum atomic E-state index is -4.17. The molecule has 1 amide bonds. The zero-order valence-electron chi connectivity index (χ0n) is 10.9. The maximum atomic E-state index is 12.1. The predicted octanol–water partition coefficient (Wildman–Crippen LogP) is 2.39. The average molecular weight is 287 g/mol. The molecule has 0 spiro atoms. The van der Waals surface area contributed by atoms with Crippen LogP contribution in [0.2, 0.25) is 0 Å². The number of rotatable bonds is 3. The monoisotopic (exact) mass is 287 g/mol. The van der Waals surface area contributed by atoms with Gasteiger partial charge in [-0.25, -0.2) is 0 Å². The third-order valence-corrected chi connectivity index (χ3v) is 3.35. The molecule has 1 heterocycles. The van der Waals surface area contributed by atoms with Crippen LogP contribution in [0.15, 0.2) is 24.3 Å². The van der Waals surface area contributed by atoms with Gasteiger partial charge in [-0.1, -0.05) is 12.1 Å². The molecule has 2 rings (SSSR count). The molecule has 1 aliphatic heterocycles. The van der Waals surface area contributed by atoms with Gasteiger partial charge in [0.1, 0.15) is 0 Å². The summed E-state index contributed by atoms with van der Waals surface area (Å²) in [7, 11) is 0. The number of halogens is 3. The lowest BCUT2D eigenvalue weighted by atomic mass is 10.1. The molecule has 0 bridgehead atoms. The number of nitrogens with zero attached hydrogens (tertiary/aromatic N) is 1. The number of amides is 1. The van der Waals surface area contributed by atoms with Gasteiger partial charge in [0.2, 0.25) is 0 Å². The molecule has 1 aromatic carbocycles. The Morgan fingerprint density at radius 2 is 1.95 bits per heavy atom. The summed E-state index contributed by atoms with van der Waals surface area (Å²) in [5.41, 5.74) is 0.996. The number of hydrogen-bond donors (Lipinski definition) is 1. The summed E-state index contributed by atoms with van der Waals surface area (Å²) in [4.78, 5) is 13.6. The second-order valence-corrected chi connectivity index (χ2v) is 5.01. The molecule has 1 atom stereocenters. The summed E-state index contributed by atoms with van der Waals surface area (Å²) in [5.74, 6) is -0.191. The molecule has 0 saturated carbocycles. The molecule has 0 aromatic heterocycles. The van der Waals surface area contributed by atoms with Crippen LogP contribution in [0.4, 0.5) is 13.2 Å². The van der Waals surface area contributed by atoms with E-state index in [1.54, 1.807) is 29.2 Å². The number of hydrogen-bond acceptors (Lipinski definition) is 2. The highest BCUT2D eigenvalue weighted by Crippen LogP contribution is 2.22. The van der Waals surface area contributed by atoms with E-state index in [0.29, 0.717) is 30.6 Å². The van der Waals surface area contributed by atoms with Gasteiger partial charge in [-0.05, 0) is 30.5 Å². The van der Waals surface area contributed by atoms with E-state index in [9.17, 15) is 23.1 Å². The first-order valence-electron chi connectivity index (χ1n) is 6.48. The first kappa shape index (κ1) is 14.8. The van der Waals surface area contributed by atoms with Crippen molar-refractivity contribution >= 4 is 5.91 Å². The maximum absolute atomic E-state index is 12.1. The van der Waals surface area contributed by atoms with Crippen molar-refractivity contribution in [2.24, 2.45) is 0 Å². The van der Waals surface area contributed by atoms with E-state index in [4.69, 9.17) is 0 Å². The quantitative estimate of drug-likeness (QED) is 0.927. The second kappa shape index (κ2) is 5.83. The molecule has 1 aromatic rings. The van der Waals surface area contributed by atoms with Crippen LogP contribution in [0.5, 0.6) is 0 Å². The number of carbonyl (C=O) groups excluding carboxylic acids is 1. The van der Waals surface area contributed by atoms with E-state index in [1.165, 1.54) is 0 Å². The smallest absolute Gasteiger partial charge is 0.389 e. The molecule has 1 aliphatic rings. The van der Waals surface area contributed by atoms with E-state index >= 15 is 0 Å².